The molecule has 16 heavy (non-hydrogen) atoms. The van der Waals surface area contributed by atoms with E-state index >= 15 is 0 Å². The Labute approximate surface area is 104 Å². The normalized spacial score (nSPS) is 11.8. The fraction of sp³-hybridized carbons (Fsp3) is 0.571. The van der Waals surface area contributed by atoms with Gasteiger partial charge in [0.15, 0.2) is 0 Å². The third-order valence-corrected chi connectivity index (χ3v) is 3.24. The van der Waals surface area contributed by atoms with Gasteiger partial charge >= 0.3 is 0 Å². The molecule has 1 N–H and O–H groups in total. The van der Waals surface area contributed by atoms with Crippen LogP contribution in [0, 0.1) is 0 Å². The summed E-state index contributed by atoms with van der Waals surface area (Å²) in [4.78, 5) is 0. The molecule has 0 bridgehead atoms. The van der Waals surface area contributed by atoms with Crippen LogP contribution in [0.15, 0.2) is 24.3 Å². The van der Waals surface area contributed by atoms with Crippen molar-refractivity contribution in [1.82, 2.24) is 5.32 Å². The first-order valence-corrected chi connectivity index (χ1v) is 7.22. The van der Waals surface area contributed by atoms with Crippen molar-refractivity contribution in [3.63, 3.8) is 0 Å². The van der Waals surface area contributed by atoms with Crippen LogP contribution < -0.4 is 5.32 Å². The monoisotopic (exact) mass is 237 g/mol. The highest BCUT2D eigenvalue weighted by molar-refractivity contribution is 7.98. The van der Waals surface area contributed by atoms with Crippen molar-refractivity contribution >= 4 is 11.8 Å². The Morgan fingerprint density at radius 2 is 1.75 bits per heavy atom. The summed E-state index contributed by atoms with van der Waals surface area (Å²) < 4.78 is 0. The largest absolute Gasteiger partial charge is 0.312 e. The molecule has 90 valence electrons. The number of rotatable bonds is 5. The molecule has 2 heteroatoms. The number of hydrogen-bond acceptors (Lipinski definition) is 2. The van der Waals surface area contributed by atoms with E-state index in [2.05, 4.69) is 56.6 Å². The number of nitrogens with one attached hydrogen (secondary N) is 1. The Morgan fingerprint density at radius 1 is 1.12 bits per heavy atom. The van der Waals surface area contributed by atoms with Crippen molar-refractivity contribution < 1.29 is 0 Å². The van der Waals surface area contributed by atoms with E-state index in [-0.39, 0.29) is 5.41 Å². The fourth-order valence-corrected chi connectivity index (χ4v) is 1.88. The lowest BCUT2D eigenvalue weighted by Gasteiger charge is -2.19. The van der Waals surface area contributed by atoms with Crippen LogP contribution >= 0.6 is 11.8 Å². The summed E-state index contributed by atoms with van der Waals surface area (Å²) in [7, 11) is 0. The number of hydrogen-bond donors (Lipinski definition) is 1. The molecule has 1 rings (SSSR count). The molecule has 0 aliphatic carbocycles. The third-order valence-electron chi connectivity index (χ3n) is 2.63. The van der Waals surface area contributed by atoms with Crippen molar-refractivity contribution in [1.29, 1.82) is 0 Å². The first-order chi connectivity index (χ1) is 7.54. The van der Waals surface area contributed by atoms with E-state index in [1.54, 1.807) is 0 Å². The molecule has 0 fully saturated rings. The molecule has 0 aliphatic rings. The van der Waals surface area contributed by atoms with E-state index in [0.717, 1.165) is 13.1 Å². The van der Waals surface area contributed by atoms with Crippen molar-refractivity contribution in [3.05, 3.63) is 35.4 Å². The highest BCUT2D eigenvalue weighted by atomic mass is 32.2. The van der Waals surface area contributed by atoms with Gasteiger partial charge in [0.2, 0.25) is 0 Å². The van der Waals surface area contributed by atoms with Gasteiger partial charge in [0.05, 0.1) is 0 Å². The molecular weight excluding hydrogens is 214 g/mol. The number of thioether (sulfide) groups is 1. The predicted molar refractivity (Wildman–Crippen MR) is 75.2 cm³/mol. The SMILES string of the molecule is CSCCNCc1ccc(C(C)(C)C)cc1. The van der Waals surface area contributed by atoms with Crippen LogP contribution in [0.3, 0.4) is 0 Å². The maximum absolute atomic E-state index is 3.44. The highest BCUT2D eigenvalue weighted by Crippen LogP contribution is 2.21. The van der Waals surface area contributed by atoms with E-state index in [1.165, 1.54) is 16.9 Å². The van der Waals surface area contributed by atoms with Gasteiger partial charge in [0.1, 0.15) is 0 Å². The number of benzene rings is 1. The van der Waals surface area contributed by atoms with Gasteiger partial charge in [-0.25, -0.2) is 0 Å². The smallest absolute Gasteiger partial charge is 0.0205 e. The van der Waals surface area contributed by atoms with Crippen molar-refractivity contribution in [2.75, 3.05) is 18.6 Å². The zero-order valence-electron chi connectivity index (χ0n) is 10.8. The first-order valence-electron chi connectivity index (χ1n) is 5.83. The molecule has 0 atom stereocenters. The second kappa shape index (κ2) is 6.31. The van der Waals surface area contributed by atoms with Gasteiger partial charge in [0, 0.05) is 18.8 Å². The van der Waals surface area contributed by atoms with Crippen LogP contribution in [0.25, 0.3) is 0 Å². The molecule has 1 aromatic carbocycles. The Morgan fingerprint density at radius 3 is 2.25 bits per heavy atom. The summed E-state index contributed by atoms with van der Waals surface area (Å²) in [5.74, 6) is 1.18. The van der Waals surface area contributed by atoms with Gasteiger partial charge in [0.25, 0.3) is 0 Å². The van der Waals surface area contributed by atoms with Crippen molar-refractivity contribution in [2.24, 2.45) is 0 Å². The van der Waals surface area contributed by atoms with Crippen LogP contribution in [0.1, 0.15) is 31.9 Å². The summed E-state index contributed by atoms with van der Waals surface area (Å²) in [6, 6.07) is 8.94. The lowest BCUT2D eigenvalue weighted by Crippen LogP contribution is -2.16. The van der Waals surface area contributed by atoms with E-state index in [4.69, 9.17) is 0 Å². The van der Waals surface area contributed by atoms with Gasteiger partial charge in [-0.2, -0.15) is 11.8 Å². The minimum Gasteiger partial charge on any atom is -0.312 e. The lowest BCUT2D eigenvalue weighted by molar-refractivity contribution is 0.589. The summed E-state index contributed by atoms with van der Waals surface area (Å²) in [6.45, 7) is 8.81. The Bertz CT molecular complexity index is 298. The molecule has 0 aromatic heterocycles. The van der Waals surface area contributed by atoms with Crippen LogP contribution in [0.4, 0.5) is 0 Å². The molecule has 0 spiro atoms. The van der Waals surface area contributed by atoms with Gasteiger partial charge < -0.3 is 5.32 Å². The van der Waals surface area contributed by atoms with Crippen molar-refractivity contribution in [2.45, 2.75) is 32.7 Å². The predicted octanol–water partition coefficient (Wildman–Crippen LogP) is 3.44. The molecule has 0 radical (unpaired) electrons. The maximum atomic E-state index is 3.44. The van der Waals surface area contributed by atoms with Gasteiger partial charge in [-0.15, -0.1) is 0 Å². The second-order valence-electron chi connectivity index (χ2n) is 5.12. The second-order valence-corrected chi connectivity index (χ2v) is 6.10. The minimum atomic E-state index is 0.255. The molecule has 0 heterocycles. The standard InChI is InChI=1S/C14H23NS/c1-14(2,3)13-7-5-12(6-8-13)11-15-9-10-16-4/h5-8,15H,9-11H2,1-4H3. The summed E-state index contributed by atoms with van der Waals surface area (Å²) in [5.41, 5.74) is 3.03. The molecule has 1 nitrogen and oxygen atoms in total. The molecular formula is C14H23NS. The van der Waals surface area contributed by atoms with Crippen LogP contribution in [-0.4, -0.2) is 18.6 Å². The summed E-state index contributed by atoms with van der Waals surface area (Å²) >= 11 is 1.88. The topological polar surface area (TPSA) is 12.0 Å². The zero-order chi connectivity index (χ0) is 12.0. The highest BCUT2D eigenvalue weighted by Gasteiger charge is 2.12. The Balaban J connectivity index is 2.46. The van der Waals surface area contributed by atoms with E-state index in [1.807, 2.05) is 11.8 Å². The third kappa shape index (κ3) is 4.58. The molecule has 0 amide bonds. The lowest BCUT2D eigenvalue weighted by atomic mass is 9.87. The first kappa shape index (κ1) is 13.6. The fourth-order valence-electron chi connectivity index (χ4n) is 1.53. The van der Waals surface area contributed by atoms with Gasteiger partial charge in [-0.1, -0.05) is 45.0 Å². The van der Waals surface area contributed by atoms with Crippen molar-refractivity contribution in [3.8, 4) is 0 Å². The average molecular weight is 237 g/mol. The molecule has 1 aromatic rings. The Hall–Kier alpha value is -0.470. The summed E-state index contributed by atoms with van der Waals surface area (Å²) in [5, 5.41) is 3.44. The minimum absolute atomic E-state index is 0.255. The molecule has 0 aliphatic heterocycles. The van der Waals surface area contributed by atoms with E-state index in [9.17, 15) is 0 Å². The quantitative estimate of drug-likeness (QED) is 0.787. The van der Waals surface area contributed by atoms with Gasteiger partial charge in [-0.3, -0.25) is 0 Å². The molecule has 0 saturated carbocycles. The average Bonchev–Trinajstić information content (AvgIpc) is 2.24. The van der Waals surface area contributed by atoms with Gasteiger partial charge in [-0.05, 0) is 22.8 Å². The Kier molecular flexibility index (Phi) is 5.36. The molecule has 0 unspecified atom stereocenters. The van der Waals surface area contributed by atoms with Crippen LogP contribution in [-0.2, 0) is 12.0 Å². The van der Waals surface area contributed by atoms with Crippen LogP contribution in [0.5, 0.6) is 0 Å². The van der Waals surface area contributed by atoms with E-state index < -0.39 is 0 Å². The summed E-state index contributed by atoms with van der Waals surface area (Å²) in [6.07, 6.45) is 2.14. The van der Waals surface area contributed by atoms with E-state index in [0.29, 0.717) is 0 Å². The van der Waals surface area contributed by atoms with Crippen LogP contribution in [0.2, 0.25) is 0 Å². The zero-order valence-corrected chi connectivity index (χ0v) is 11.7. The maximum Gasteiger partial charge on any atom is 0.0205 e. The molecule has 0 saturated heterocycles.